The molecular formula is C16H22N2O3. The van der Waals surface area contributed by atoms with Gasteiger partial charge in [0.2, 0.25) is 0 Å². The molecule has 0 unspecified atom stereocenters. The fourth-order valence-corrected chi connectivity index (χ4v) is 2.92. The SMILES string of the molecule is CCC1(CNC(=O)Nc2ccc(C(=O)O)cc2)CCCC1. The molecule has 1 aliphatic carbocycles. The van der Waals surface area contributed by atoms with Crippen molar-refractivity contribution in [2.45, 2.75) is 39.0 Å². The van der Waals surface area contributed by atoms with E-state index in [0.717, 1.165) is 6.42 Å². The molecular weight excluding hydrogens is 268 g/mol. The zero-order chi connectivity index (χ0) is 15.3. The first-order valence-corrected chi connectivity index (χ1v) is 7.43. The number of nitrogens with one attached hydrogen (secondary N) is 2. The second-order valence-corrected chi connectivity index (χ2v) is 5.75. The van der Waals surface area contributed by atoms with Crippen molar-refractivity contribution < 1.29 is 14.7 Å². The summed E-state index contributed by atoms with van der Waals surface area (Å²) in [6, 6.07) is 5.89. The van der Waals surface area contributed by atoms with Crippen LogP contribution in [-0.4, -0.2) is 23.7 Å². The molecule has 1 aromatic rings. The highest BCUT2D eigenvalue weighted by molar-refractivity contribution is 5.91. The molecule has 114 valence electrons. The average Bonchev–Trinajstić information content (AvgIpc) is 2.95. The van der Waals surface area contributed by atoms with Crippen molar-refractivity contribution in [3.8, 4) is 0 Å². The molecule has 0 saturated heterocycles. The first kappa shape index (κ1) is 15.4. The van der Waals surface area contributed by atoms with Crippen LogP contribution in [-0.2, 0) is 0 Å². The standard InChI is InChI=1S/C16H22N2O3/c1-2-16(9-3-4-10-16)11-17-15(21)18-13-7-5-12(6-8-13)14(19)20/h5-8H,2-4,9-11H2,1H3,(H,19,20)(H2,17,18,21). The quantitative estimate of drug-likeness (QED) is 0.777. The fourth-order valence-electron chi connectivity index (χ4n) is 2.92. The number of hydrogen-bond acceptors (Lipinski definition) is 2. The fraction of sp³-hybridized carbons (Fsp3) is 0.500. The minimum Gasteiger partial charge on any atom is -0.478 e. The minimum absolute atomic E-state index is 0.205. The number of rotatable bonds is 5. The molecule has 2 amide bonds. The summed E-state index contributed by atoms with van der Waals surface area (Å²) < 4.78 is 0. The normalized spacial score (nSPS) is 16.4. The van der Waals surface area contributed by atoms with Gasteiger partial charge in [-0.25, -0.2) is 9.59 Å². The van der Waals surface area contributed by atoms with Crippen LogP contribution in [0.4, 0.5) is 10.5 Å². The van der Waals surface area contributed by atoms with E-state index in [9.17, 15) is 9.59 Å². The summed E-state index contributed by atoms with van der Waals surface area (Å²) in [6.45, 7) is 2.87. The Hall–Kier alpha value is -2.04. The first-order valence-electron chi connectivity index (χ1n) is 7.43. The van der Waals surface area contributed by atoms with Crippen LogP contribution >= 0.6 is 0 Å². The molecule has 0 aliphatic heterocycles. The van der Waals surface area contributed by atoms with Crippen molar-refractivity contribution in [1.82, 2.24) is 5.32 Å². The van der Waals surface area contributed by atoms with Gasteiger partial charge in [-0.3, -0.25) is 0 Å². The monoisotopic (exact) mass is 290 g/mol. The maximum atomic E-state index is 11.9. The number of amides is 2. The Kier molecular flexibility index (Phi) is 4.83. The Morgan fingerprint density at radius 1 is 1.19 bits per heavy atom. The molecule has 2 rings (SSSR count). The molecule has 0 aromatic heterocycles. The van der Waals surface area contributed by atoms with E-state index < -0.39 is 5.97 Å². The molecule has 0 radical (unpaired) electrons. The number of anilines is 1. The van der Waals surface area contributed by atoms with Crippen LogP contribution in [0, 0.1) is 5.41 Å². The molecule has 0 atom stereocenters. The predicted octanol–water partition coefficient (Wildman–Crippen LogP) is 3.48. The summed E-state index contributed by atoms with van der Waals surface area (Å²) >= 11 is 0. The lowest BCUT2D eigenvalue weighted by Crippen LogP contribution is -2.38. The second kappa shape index (κ2) is 6.61. The van der Waals surface area contributed by atoms with E-state index in [1.165, 1.54) is 37.8 Å². The molecule has 5 nitrogen and oxygen atoms in total. The summed E-state index contributed by atoms with van der Waals surface area (Å²) in [6.07, 6.45) is 5.93. The number of carboxylic acid groups (broad SMARTS) is 1. The lowest BCUT2D eigenvalue weighted by Gasteiger charge is -2.27. The maximum Gasteiger partial charge on any atom is 0.335 e. The van der Waals surface area contributed by atoms with Crippen LogP contribution < -0.4 is 10.6 Å². The molecule has 3 N–H and O–H groups in total. The van der Waals surface area contributed by atoms with Gasteiger partial charge in [0.05, 0.1) is 5.56 Å². The summed E-state index contributed by atoms with van der Waals surface area (Å²) in [4.78, 5) is 22.7. The molecule has 21 heavy (non-hydrogen) atoms. The van der Waals surface area contributed by atoms with Gasteiger partial charge in [-0.05, 0) is 48.9 Å². The number of hydrogen-bond donors (Lipinski definition) is 3. The lowest BCUT2D eigenvalue weighted by molar-refractivity contribution is 0.0697. The lowest BCUT2D eigenvalue weighted by atomic mass is 9.83. The molecule has 1 saturated carbocycles. The van der Waals surface area contributed by atoms with Crippen LogP contribution in [0.25, 0.3) is 0 Å². The summed E-state index contributed by atoms with van der Waals surface area (Å²) in [5.74, 6) is -0.975. The van der Waals surface area contributed by atoms with E-state index in [0.29, 0.717) is 12.2 Å². The molecule has 1 aromatic carbocycles. The predicted molar refractivity (Wildman–Crippen MR) is 81.6 cm³/mol. The second-order valence-electron chi connectivity index (χ2n) is 5.75. The van der Waals surface area contributed by atoms with Gasteiger partial charge in [-0.1, -0.05) is 19.8 Å². The van der Waals surface area contributed by atoms with Crippen molar-refractivity contribution in [2.75, 3.05) is 11.9 Å². The van der Waals surface area contributed by atoms with Gasteiger partial charge in [-0.15, -0.1) is 0 Å². The van der Waals surface area contributed by atoms with E-state index in [1.54, 1.807) is 12.1 Å². The summed E-state index contributed by atoms with van der Waals surface area (Å²) in [7, 11) is 0. The third-order valence-electron chi connectivity index (χ3n) is 4.43. The van der Waals surface area contributed by atoms with Gasteiger partial charge < -0.3 is 15.7 Å². The summed E-state index contributed by atoms with van der Waals surface area (Å²) in [5, 5.41) is 14.5. The van der Waals surface area contributed by atoms with E-state index >= 15 is 0 Å². The van der Waals surface area contributed by atoms with Gasteiger partial charge in [0, 0.05) is 12.2 Å². The van der Waals surface area contributed by atoms with Crippen LogP contribution in [0.2, 0.25) is 0 Å². The van der Waals surface area contributed by atoms with E-state index in [4.69, 9.17) is 5.11 Å². The van der Waals surface area contributed by atoms with E-state index in [1.807, 2.05) is 0 Å². The Bertz CT molecular complexity index is 505. The third kappa shape index (κ3) is 3.97. The molecule has 0 spiro atoms. The van der Waals surface area contributed by atoms with Crippen LogP contribution in [0.3, 0.4) is 0 Å². The van der Waals surface area contributed by atoms with Gasteiger partial charge in [-0.2, -0.15) is 0 Å². The molecule has 5 heteroatoms. The molecule has 1 fully saturated rings. The number of benzene rings is 1. The first-order chi connectivity index (χ1) is 10.0. The number of carbonyl (C=O) groups excluding carboxylic acids is 1. The Labute approximate surface area is 124 Å². The Morgan fingerprint density at radius 3 is 2.33 bits per heavy atom. The van der Waals surface area contributed by atoms with Crippen molar-refractivity contribution in [3.05, 3.63) is 29.8 Å². The smallest absolute Gasteiger partial charge is 0.335 e. The molecule has 0 heterocycles. The largest absolute Gasteiger partial charge is 0.478 e. The van der Waals surface area contributed by atoms with Crippen molar-refractivity contribution in [2.24, 2.45) is 5.41 Å². The number of urea groups is 1. The highest BCUT2D eigenvalue weighted by atomic mass is 16.4. The topological polar surface area (TPSA) is 78.4 Å². The van der Waals surface area contributed by atoms with Crippen molar-refractivity contribution in [3.63, 3.8) is 0 Å². The van der Waals surface area contributed by atoms with Gasteiger partial charge >= 0.3 is 12.0 Å². The zero-order valence-electron chi connectivity index (χ0n) is 12.3. The van der Waals surface area contributed by atoms with Gasteiger partial charge in [0.25, 0.3) is 0 Å². The third-order valence-corrected chi connectivity index (χ3v) is 4.43. The number of aromatic carboxylic acids is 1. The Morgan fingerprint density at radius 2 is 1.81 bits per heavy atom. The van der Waals surface area contributed by atoms with Gasteiger partial charge in [0.15, 0.2) is 0 Å². The van der Waals surface area contributed by atoms with Crippen LogP contribution in [0.15, 0.2) is 24.3 Å². The van der Waals surface area contributed by atoms with E-state index in [2.05, 4.69) is 17.6 Å². The average molecular weight is 290 g/mol. The highest BCUT2D eigenvalue weighted by Crippen LogP contribution is 2.40. The van der Waals surface area contributed by atoms with Crippen molar-refractivity contribution >= 4 is 17.7 Å². The highest BCUT2D eigenvalue weighted by Gasteiger charge is 2.32. The zero-order valence-corrected chi connectivity index (χ0v) is 12.3. The minimum atomic E-state index is -0.975. The maximum absolute atomic E-state index is 11.9. The van der Waals surface area contributed by atoms with Crippen LogP contribution in [0.5, 0.6) is 0 Å². The number of carboxylic acids is 1. The number of carbonyl (C=O) groups is 2. The summed E-state index contributed by atoms with van der Waals surface area (Å²) in [5.41, 5.74) is 1.05. The van der Waals surface area contributed by atoms with Crippen molar-refractivity contribution in [1.29, 1.82) is 0 Å². The molecule has 0 bridgehead atoms. The van der Waals surface area contributed by atoms with Gasteiger partial charge in [0.1, 0.15) is 0 Å². The Balaban J connectivity index is 1.85. The molecule has 1 aliphatic rings. The van der Waals surface area contributed by atoms with Crippen LogP contribution in [0.1, 0.15) is 49.4 Å². The van der Waals surface area contributed by atoms with E-state index in [-0.39, 0.29) is 17.0 Å².